The summed E-state index contributed by atoms with van der Waals surface area (Å²) in [7, 11) is 1.62. The van der Waals surface area contributed by atoms with Gasteiger partial charge in [0, 0.05) is 13.2 Å². The van der Waals surface area contributed by atoms with Crippen molar-refractivity contribution >= 4 is 17.3 Å². The number of amides is 1. The van der Waals surface area contributed by atoms with Crippen molar-refractivity contribution in [3.63, 3.8) is 0 Å². The molecule has 1 amide bonds. The molecular weight excluding hydrogens is 250 g/mol. The zero-order valence-electron chi connectivity index (χ0n) is 10.5. The topological polar surface area (TPSA) is 107 Å². The van der Waals surface area contributed by atoms with Crippen LogP contribution in [0.4, 0.5) is 11.4 Å². The number of nitrogens with zero attached hydrogens (tertiary/aromatic N) is 1. The van der Waals surface area contributed by atoms with E-state index in [4.69, 9.17) is 10.5 Å². The molecule has 0 atom stereocenters. The minimum absolute atomic E-state index is 0.00140. The lowest BCUT2D eigenvalue weighted by atomic mass is 9.89. The van der Waals surface area contributed by atoms with Gasteiger partial charge in [0.15, 0.2) is 0 Å². The van der Waals surface area contributed by atoms with E-state index >= 15 is 0 Å². The summed E-state index contributed by atoms with van der Waals surface area (Å²) in [6, 6.07) is 4.32. The van der Waals surface area contributed by atoms with Gasteiger partial charge in [-0.25, -0.2) is 0 Å². The van der Waals surface area contributed by atoms with E-state index in [1.165, 1.54) is 18.2 Å². The van der Waals surface area contributed by atoms with E-state index < -0.39 is 10.8 Å². The third-order valence-electron chi connectivity index (χ3n) is 3.26. The molecular formula is C12H15N3O4. The van der Waals surface area contributed by atoms with Crippen molar-refractivity contribution in [2.24, 2.45) is 0 Å². The summed E-state index contributed by atoms with van der Waals surface area (Å²) in [5.74, 6) is -0.474. The van der Waals surface area contributed by atoms with Crippen molar-refractivity contribution < 1.29 is 14.5 Å². The molecule has 3 N–H and O–H groups in total. The van der Waals surface area contributed by atoms with Crippen LogP contribution in [0.15, 0.2) is 18.2 Å². The number of nitrogen functional groups attached to an aromatic ring is 1. The Balaban J connectivity index is 2.12. The highest BCUT2D eigenvalue weighted by Gasteiger charge is 2.32. The molecule has 19 heavy (non-hydrogen) atoms. The second kappa shape index (κ2) is 5.23. The Bertz CT molecular complexity index is 512. The summed E-state index contributed by atoms with van der Waals surface area (Å²) < 4.78 is 5.11. The average Bonchev–Trinajstić information content (AvgIpc) is 2.32. The lowest BCUT2D eigenvalue weighted by Crippen LogP contribution is -2.47. The summed E-state index contributed by atoms with van der Waals surface area (Å²) in [5, 5.41) is 13.7. The van der Waals surface area contributed by atoms with Gasteiger partial charge in [-0.3, -0.25) is 14.9 Å². The number of nitro benzene ring substituents is 1. The number of nitrogens with two attached hydrogens (primary N) is 1. The fourth-order valence-corrected chi connectivity index (χ4v) is 2.09. The molecule has 7 nitrogen and oxygen atoms in total. The molecule has 102 valence electrons. The number of rotatable bonds is 4. The van der Waals surface area contributed by atoms with Gasteiger partial charge in [-0.2, -0.15) is 0 Å². The fraction of sp³-hybridized carbons (Fsp3) is 0.417. The van der Waals surface area contributed by atoms with Crippen molar-refractivity contribution in [3.05, 3.63) is 33.9 Å². The number of nitro groups is 1. The number of hydrogen-bond acceptors (Lipinski definition) is 5. The maximum Gasteiger partial charge on any atom is 0.304 e. The number of carbonyl (C=O) groups excluding carboxylic acids is 1. The molecule has 0 radical (unpaired) electrons. The predicted molar refractivity (Wildman–Crippen MR) is 68.8 cm³/mol. The summed E-state index contributed by atoms with van der Waals surface area (Å²) >= 11 is 0. The van der Waals surface area contributed by atoms with E-state index in [9.17, 15) is 14.9 Å². The van der Waals surface area contributed by atoms with E-state index in [2.05, 4.69) is 5.32 Å². The van der Waals surface area contributed by atoms with Gasteiger partial charge in [0.2, 0.25) is 0 Å². The van der Waals surface area contributed by atoms with E-state index in [-0.39, 0.29) is 29.1 Å². The number of methoxy groups -OCH3 is 1. The normalized spacial score (nSPS) is 21.5. The summed E-state index contributed by atoms with van der Waals surface area (Å²) in [6.07, 6.45) is 1.60. The van der Waals surface area contributed by atoms with Crippen LogP contribution in [0, 0.1) is 10.1 Å². The van der Waals surface area contributed by atoms with Gasteiger partial charge in [-0.05, 0) is 25.0 Å². The monoisotopic (exact) mass is 265 g/mol. The number of para-hydroxylation sites is 1. The third-order valence-corrected chi connectivity index (χ3v) is 3.26. The van der Waals surface area contributed by atoms with Crippen molar-refractivity contribution in [2.45, 2.75) is 25.0 Å². The van der Waals surface area contributed by atoms with Crippen LogP contribution in [0.1, 0.15) is 23.2 Å². The van der Waals surface area contributed by atoms with Gasteiger partial charge in [-0.1, -0.05) is 6.07 Å². The lowest BCUT2D eigenvalue weighted by Gasteiger charge is -2.34. The smallest absolute Gasteiger partial charge is 0.304 e. The molecule has 0 aromatic heterocycles. The zero-order valence-corrected chi connectivity index (χ0v) is 10.5. The highest BCUT2D eigenvalue weighted by molar-refractivity contribution is 6.00. The first-order valence-corrected chi connectivity index (χ1v) is 5.89. The minimum atomic E-state index is -0.636. The molecule has 1 aliphatic rings. The third kappa shape index (κ3) is 2.65. The van der Waals surface area contributed by atoms with Crippen molar-refractivity contribution in [1.82, 2.24) is 5.32 Å². The number of carbonyl (C=O) groups is 1. The highest BCUT2D eigenvalue weighted by atomic mass is 16.6. The Labute approximate surface area is 109 Å². The zero-order chi connectivity index (χ0) is 14.0. The van der Waals surface area contributed by atoms with Crippen molar-refractivity contribution in [1.29, 1.82) is 0 Å². The van der Waals surface area contributed by atoms with Crippen molar-refractivity contribution in [2.75, 3.05) is 12.8 Å². The predicted octanol–water partition coefficient (Wildman–Crippen LogP) is 1.08. The van der Waals surface area contributed by atoms with Crippen LogP contribution >= 0.6 is 0 Å². The quantitative estimate of drug-likeness (QED) is 0.481. The highest BCUT2D eigenvalue weighted by Crippen LogP contribution is 2.27. The van der Waals surface area contributed by atoms with E-state index in [1.807, 2.05) is 0 Å². The Kier molecular flexibility index (Phi) is 3.66. The molecule has 1 aliphatic carbocycles. The van der Waals surface area contributed by atoms with Crippen LogP contribution in [0.3, 0.4) is 0 Å². The SMILES string of the molecule is COC1CC(NC(=O)c2cccc(N)c2[N+](=O)[O-])C1. The molecule has 1 aromatic rings. The Morgan fingerprint density at radius 1 is 1.53 bits per heavy atom. The molecule has 7 heteroatoms. The van der Waals surface area contributed by atoms with Gasteiger partial charge in [0.05, 0.1) is 11.0 Å². The van der Waals surface area contributed by atoms with Gasteiger partial charge in [0.25, 0.3) is 5.91 Å². The summed E-state index contributed by atoms with van der Waals surface area (Å²) in [4.78, 5) is 22.3. The summed E-state index contributed by atoms with van der Waals surface area (Å²) in [6.45, 7) is 0. The molecule has 0 bridgehead atoms. The van der Waals surface area contributed by atoms with Gasteiger partial charge in [0.1, 0.15) is 11.3 Å². The van der Waals surface area contributed by atoms with Crippen LogP contribution < -0.4 is 11.1 Å². The first-order valence-electron chi connectivity index (χ1n) is 5.89. The molecule has 0 heterocycles. The average molecular weight is 265 g/mol. The van der Waals surface area contributed by atoms with Gasteiger partial charge < -0.3 is 15.8 Å². The minimum Gasteiger partial charge on any atom is -0.393 e. The Morgan fingerprint density at radius 3 is 2.79 bits per heavy atom. The van der Waals surface area contributed by atoms with Crippen molar-refractivity contribution in [3.8, 4) is 0 Å². The van der Waals surface area contributed by atoms with Crippen LogP contribution in [0.5, 0.6) is 0 Å². The maximum atomic E-state index is 12.0. The molecule has 2 rings (SSSR count). The second-order valence-corrected chi connectivity index (χ2v) is 4.50. The number of ether oxygens (including phenoxy) is 1. The first kappa shape index (κ1) is 13.3. The van der Waals surface area contributed by atoms with E-state index in [0.29, 0.717) is 0 Å². The van der Waals surface area contributed by atoms with Crippen LogP contribution in [0.25, 0.3) is 0 Å². The molecule has 1 aromatic carbocycles. The summed E-state index contributed by atoms with van der Waals surface area (Å²) in [5.41, 5.74) is 5.17. The molecule has 0 aliphatic heterocycles. The van der Waals surface area contributed by atoms with Crippen LogP contribution in [-0.2, 0) is 4.74 Å². The number of benzene rings is 1. The number of anilines is 1. The Hall–Kier alpha value is -2.15. The molecule has 0 spiro atoms. The van der Waals surface area contributed by atoms with E-state index in [1.54, 1.807) is 7.11 Å². The molecule has 0 saturated heterocycles. The molecule has 0 unspecified atom stereocenters. The fourth-order valence-electron chi connectivity index (χ4n) is 2.09. The second-order valence-electron chi connectivity index (χ2n) is 4.50. The van der Waals surface area contributed by atoms with Crippen LogP contribution in [-0.4, -0.2) is 30.1 Å². The molecule has 1 fully saturated rings. The van der Waals surface area contributed by atoms with Gasteiger partial charge in [-0.15, -0.1) is 0 Å². The first-order chi connectivity index (χ1) is 9.02. The lowest BCUT2D eigenvalue weighted by molar-refractivity contribution is -0.384. The standard InChI is InChI=1S/C12H15N3O4/c1-19-8-5-7(6-8)14-12(16)9-3-2-4-10(13)11(9)15(17)18/h2-4,7-8H,5-6,13H2,1H3,(H,14,16). The Morgan fingerprint density at radius 2 is 2.21 bits per heavy atom. The van der Waals surface area contributed by atoms with Gasteiger partial charge >= 0.3 is 5.69 Å². The number of nitrogens with one attached hydrogen (secondary N) is 1. The molecule has 1 saturated carbocycles. The maximum absolute atomic E-state index is 12.0. The van der Waals surface area contributed by atoms with E-state index in [0.717, 1.165) is 12.8 Å². The number of hydrogen-bond donors (Lipinski definition) is 2. The van der Waals surface area contributed by atoms with Crippen LogP contribution in [0.2, 0.25) is 0 Å². The largest absolute Gasteiger partial charge is 0.393 e.